The van der Waals surface area contributed by atoms with Gasteiger partial charge >= 0.3 is 0 Å². The summed E-state index contributed by atoms with van der Waals surface area (Å²) in [6.07, 6.45) is 1.05. The van der Waals surface area contributed by atoms with E-state index in [2.05, 4.69) is 17.6 Å². The summed E-state index contributed by atoms with van der Waals surface area (Å²) in [6, 6.07) is 13.3. The van der Waals surface area contributed by atoms with Gasteiger partial charge in [-0.1, -0.05) is 19.1 Å². The van der Waals surface area contributed by atoms with E-state index in [4.69, 9.17) is 0 Å². The van der Waals surface area contributed by atoms with Crippen LogP contribution >= 0.6 is 0 Å². The van der Waals surface area contributed by atoms with Crippen LogP contribution < -0.4 is 10.6 Å². The Kier molecular flexibility index (Phi) is 4.71. The number of hydrogen-bond donors (Lipinski definition) is 2. The zero-order valence-electron chi connectivity index (χ0n) is 11.3. The van der Waals surface area contributed by atoms with Crippen LogP contribution in [0.3, 0.4) is 0 Å². The van der Waals surface area contributed by atoms with Crippen molar-refractivity contribution in [1.82, 2.24) is 0 Å². The lowest BCUT2D eigenvalue weighted by Crippen LogP contribution is -2.13. The van der Waals surface area contributed by atoms with E-state index in [9.17, 15) is 9.18 Å². The molecule has 0 saturated heterocycles. The van der Waals surface area contributed by atoms with E-state index in [1.54, 1.807) is 24.3 Å². The minimum absolute atomic E-state index is 0.0423. The van der Waals surface area contributed by atoms with Gasteiger partial charge in [-0.3, -0.25) is 4.79 Å². The molecular weight excluding hydrogens is 255 g/mol. The molecular formula is C16H17FN2O. The fourth-order valence-electron chi connectivity index (χ4n) is 1.78. The molecule has 4 heteroatoms. The molecule has 0 saturated carbocycles. The summed E-state index contributed by atoms with van der Waals surface area (Å²) in [5.74, 6) is -0.969. The number of carbonyl (C=O) groups is 1. The predicted molar refractivity (Wildman–Crippen MR) is 79.6 cm³/mol. The van der Waals surface area contributed by atoms with E-state index in [1.165, 1.54) is 12.1 Å². The van der Waals surface area contributed by atoms with Crippen molar-refractivity contribution in [2.75, 3.05) is 17.2 Å². The number of carbonyl (C=O) groups excluding carboxylic acids is 1. The molecule has 0 radical (unpaired) electrons. The number of hydrogen-bond acceptors (Lipinski definition) is 2. The molecule has 2 rings (SSSR count). The van der Waals surface area contributed by atoms with Crippen LogP contribution in [0, 0.1) is 5.82 Å². The summed E-state index contributed by atoms with van der Waals surface area (Å²) in [7, 11) is 0. The van der Waals surface area contributed by atoms with E-state index in [-0.39, 0.29) is 5.56 Å². The molecule has 2 aromatic rings. The second-order valence-electron chi connectivity index (χ2n) is 4.44. The number of rotatable bonds is 5. The lowest BCUT2D eigenvalue weighted by molar-refractivity contribution is 0.102. The smallest absolute Gasteiger partial charge is 0.258 e. The summed E-state index contributed by atoms with van der Waals surface area (Å²) in [5, 5.41) is 5.92. The van der Waals surface area contributed by atoms with Crippen LogP contribution in [0.15, 0.2) is 48.5 Å². The summed E-state index contributed by atoms with van der Waals surface area (Å²) in [5.41, 5.74) is 1.68. The fraction of sp³-hybridized carbons (Fsp3) is 0.188. The van der Waals surface area contributed by atoms with Gasteiger partial charge in [0.05, 0.1) is 5.56 Å². The molecule has 0 bridgehead atoms. The van der Waals surface area contributed by atoms with Crippen molar-refractivity contribution in [3.63, 3.8) is 0 Å². The highest BCUT2D eigenvalue weighted by Crippen LogP contribution is 2.15. The Balaban J connectivity index is 2.03. The number of halogens is 1. The standard InChI is InChI=1S/C16H17FN2O/c1-2-11-18-12-7-9-13(10-8-12)19-16(20)14-5-3-4-6-15(14)17/h3-10,18H,2,11H2,1H3,(H,19,20). The van der Waals surface area contributed by atoms with Gasteiger partial charge in [0.2, 0.25) is 0 Å². The topological polar surface area (TPSA) is 41.1 Å². The molecule has 0 unspecified atom stereocenters. The van der Waals surface area contributed by atoms with Gasteiger partial charge in [0, 0.05) is 17.9 Å². The van der Waals surface area contributed by atoms with Gasteiger partial charge < -0.3 is 10.6 Å². The first kappa shape index (κ1) is 14.1. The Morgan fingerprint density at radius 3 is 2.35 bits per heavy atom. The average Bonchev–Trinajstić information content (AvgIpc) is 2.47. The molecule has 2 aromatic carbocycles. The maximum Gasteiger partial charge on any atom is 0.258 e. The lowest BCUT2D eigenvalue weighted by Gasteiger charge is -2.08. The highest BCUT2D eigenvalue weighted by Gasteiger charge is 2.10. The van der Waals surface area contributed by atoms with Crippen LogP contribution in [0.25, 0.3) is 0 Å². The van der Waals surface area contributed by atoms with Crippen LogP contribution in [0.5, 0.6) is 0 Å². The molecule has 0 spiro atoms. The Labute approximate surface area is 117 Å². The van der Waals surface area contributed by atoms with Gasteiger partial charge in [0.15, 0.2) is 0 Å². The van der Waals surface area contributed by atoms with Crippen LogP contribution in [0.1, 0.15) is 23.7 Å². The number of benzene rings is 2. The van der Waals surface area contributed by atoms with Crippen LogP contribution in [0.4, 0.5) is 15.8 Å². The minimum Gasteiger partial charge on any atom is -0.385 e. The predicted octanol–water partition coefficient (Wildman–Crippen LogP) is 3.90. The molecule has 1 amide bonds. The van der Waals surface area contributed by atoms with E-state index in [0.29, 0.717) is 5.69 Å². The van der Waals surface area contributed by atoms with Crippen molar-refractivity contribution in [2.24, 2.45) is 0 Å². The molecule has 3 nitrogen and oxygen atoms in total. The van der Waals surface area contributed by atoms with Crippen molar-refractivity contribution in [1.29, 1.82) is 0 Å². The fourth-order valence-corrected chi connectivity index (χ4v) is 1.78. The van der Waals surface area contributed by atoms with Crippen LogP contribution in [-0.2, 0) is 0 Å². The highest BCUT2D eigenvalue weighted by atomic mass is 19.1. The van der Waals surface area contributed by atoms with E-state index in [1.807, 2.05) is 12.1 Å². The maximum absolute atomic E-state index is 13.5. The van der Waals surface area contributed by atoms with Gasteiger partial charge in [0.1, 0.15) is 5.82 Å². The third kappa shape index (κ3) is 3.57. The largest absolute Gasteiger partial charge is 0.385 e. The molecule has 20 heavy (non-hydrogen) atoms. The second kappa shape index (κ2) is 6.70. The lowest BCUT2D eigenvalue weighted by atomic mass is 10.2. The minimum atomic E-state index is -0.522. The van der Waals surface area contributed by atoms with Crippen LogP contribution in [0.2, 0.25) is 0 Å². The maximum atomic E-state index is 13.5. The Morgan fingerprint density at radius 2 is 1.70 bits per heavy atom. The summed E-state index contributed by atoms with van der Waals surface area (Å²) >= 11 is 0. The second-order valence-corrected chi connectivity index (χ2v) is 4.44. The first-order valence-electron chi connectivity index (χ1n) is 6.60. The Morgan fingerprint density at radius 1 is 1.05 bits per heavy atom. The van der Waals surface area contributed by atoms with Gasteiger partial charge in [-0.05, 0) is 42.8 Å². The molecule has 0 aromatic heterocycles. The summed E-state index contributed by atoms with van der Waals surface area (Å²) in [6.45, 7) is 3.00. The number of anilines is 2. The molecule has 0 atom stereocenters. The van der Waals surface area contributed by atoms with Crippen molar-refractivity contribution in [2.45, 2.75) is 13.3 Å². The Hall–Kier alpha value is -2.36. The first-order chi connectivity index (χ1) is 9.70. The van der Waals surface area contributed by atoms with Crippen LogP contribution in [-0.4, -0.2) is 12.5 Å². The van der Waals surface area contributed by atoms with E-state index >= 15 is 0 Å². The number of amides is 1. The monoisotopic (exact) mass is 272 g/mol. The SMILES string of the molecule is CCCNc1ccc(NC(=O)c2ccccc2F)cc1. The average molecular weight is 272 g/mol. The quantitative estimate of drug-likeness (QED) is 0.866. The van der Waals surface area contributed by atoms with Crippen molar-refractivity contribution in [3.05, 3.63) is 59.9 Å². The highest BCUT2D eigenvalue weighted by molar-refractivity contribution is 6.04. The molecule has 0 heterocycles. The van der Waals surface area contributed by atoms with Crippen molar-refractivity contribution < 1.29 is 9.18 Å². The van der Waals surface area contributed by atoms with E-state index < -0.39 is 11.7 Å². The molecule has 2 N–H and O–H groups in total. The normalized spacial score (nSPS) is 10.1. The molecule has 0 aliphatic carbocycles. The summed E-state index contributed by atoms with van der Waals surface area (Å²) in [4.78, 5) is 11.9. The molecule has 0 aliphatic heterocycles. The van der Waals surface area contributed by atoms with E-state index in [0.717, 1.165) is 18.7 Å². The first-order valence-corrected chi connectivity index (χ1v) is 6.60. The zero-order valence-corrected chi connectivity index (χ0v) is 11.3. The Bertz CT molecular complexity index is 581. The third-order valence-electron chi connectivity index (χ3n) is 2.84. The van der Waals surface area contributed by atoms with Gasteiger partial charge in [-0.25, -0.2) is 4.39 Å². The number of nitrogens with one attached hydrogen (secondary N) is 2. The zero-order chi connectivity index (χ0) is 14.4. The molecule has 0 fully saturated rings. The van der Waals surface area contributed by atoms with Gasteiger partial charge in [-0.15, -0.1) is 0 Å². The molecule has 104 valence electrons. The van der Waals surface area contributed by atoms with Crippen molar-refractivity contribution >= 4 is 17.3 Å². The molecule has 0 aliphatic rings. The van der Waals surface area contributed by atoms with Gasteiger partial charge in [-0.2, -0.15) is 0 Å². The van der Waals surface area contributed by atoms with Gasteiger partial charge in [0.25, 0.3) is 5.91 Å². The third-order valence-corrected chi connectivity index (χ3v) is 2.84. The van der Waals surface area contributed by atoms with Crippen molar-refractivity contribution in [3.8, 4) is 0 Å². The summed E-state index contributed by atoms with van der Waals surface area (Å²) < 4.78 is 13.5.